The third-order valence-electron chi connectivity index (χ3n) is 2.54. The minimum Gasteiger partial charge on any atom is -0.507 e. The summed E-state index contributed by atoms with van der Waals surface area (Å²) in [6.45, 7) is 3.75. The fourth-order valence-corrected chi connectivity index (χ4v) is 1.44. The van der Waals surface area contributed by atoms with E-state index in [1.165, 1.54) is 0 Å². The van der Waals surface area contributed by atoms with Crippen molar-refractivity contribution in [1.29, 1.82) is 0 Å². The number of nitrogens with zero attached hydrogens (tertiary/aromatic N) is 2. The van der Waals surface area contributed by atoms with Crippen molar-refractivity contribution in [2.24, 2.45) is 0 Å². The molecule has 5 nitrogen and oxygen atoms in total. The summed E-state index contributed by atoms with van der Waals surface area (Å²) in [6, 6.07) is 5.21. The summed E-state index contributed by atoms with van der Waals surface area (Å²) in [5.41, 5.74) is 1.55. The third-order valence-corrected chi connectivity index (χ3v) is 2.54. The molecule has 17 heavy (non-hydrogen) atoms. The molecule has 2 aromatic rings. The number of benzene rings is 1. The molecule has 1 unspecified atom stereocenters. The van der Waals surface area contributed by atoms with Crippen LogP contribution in [0.15, 0.2) is 22.7 Å². The first kappa shape index (κ1) is 11.6. The minimum atomic E-state index is -0.237. The zero-order valence-electron chi connectivity index (χ0n) is 9.97. The van der Waals surface area contributed by atoms with Gasteiger partial charge in [-0.05, 0) is 26.0 Å². The van der Waals surface area contributed by atoms with Crippen molar-refractivity contribution in [3.05, 3.63) is 29.6 Å². The summed E-state index contributed by atoms with van der Waals surface area (Å²) < 4.78 is 10.2. The van der Waals surface area contributed by atoms with Crippen molar-refractivity contribution in [2.45, 2.75) is 20.0 Å². The monoisotopic (exact) mass is 234 g/mol. The molecule has 0 bridgehead atoms. The van der Waals surface area contributed by atoms with E-state index in [0.717, 1.165) is 5.56 Å². The maximum atomic E-state index is 9.73. The molecule has 2 rings (SSSR count). The average molecular weight is 234 g/mol. The lowest BCUT2D eigenvalue weighted by Gasteiger charge is -2.02. The molecule has 1 atom stereocenters. The van der Waals surface area contributed by atoms with Crippen molar-refractivity contribution in [2.75, 3.05) is 7.11 Å². The van der Waals surface area contributed by atoms with Crippen molar-refractivity contribution in [1.82, 2.24) is 10.1 Å². The molecule has 0 aliphatic rings. The Balaban J connectivity index is 2.40. The first-order valence-corrected chi connectivity index (χ1v) is 5.28. The normalized spacial score (nSPS) is 12.6. The molecule has 0 radical (unpaired) electrons. The van der Waals surface area contributed by atoms with Gasteiger partial charge in [-0.1, -0.05) is 16.8 Å². The number of hydrogen-bond donors (Lipinski definition) is 1. The van der Waals surface area contributed by atoms with Gasteiger partial charge in [-0.15, -0.1) is 0 Å². The van der Waals surface area contributed by atoms with Crippen LogP contribution in [-0.2, 0) is 4.74 Å². The van der Waals surface area contributed by atoms with Gasteiger partial charge in [-0.25, -0.2) is 0 Å². The number of methoxy groups -OCH3 is 1. The number of phenols is 1. The lowest BCUT2D eigenvalue weighted by Crippen LogP contribution is -1.97. The number of aromatic nitrogens is 2. The average Bonchev–Trinajstić information content (AvgIpc) is 2.80. The molecular weight excluding hydrogens is 220 g/mol. The molecule has 0 saturated heterocycles. The zero-order chi connectivity index (χ0) is 12.4. The highest BCUT2D eigenvalue weighted by Gasteiger charge is 2.16. The molecular formula is C12H14N2O3. The summed E-state index contributed by atoms with van der Waals surface area (Å²) in [6.07, 6.45) is -0.237. The highest BCUT2D eigenvalue weighted by molar-refractivity contribution is 5.63. The predicted octanol–water partition coefficient (Wildman–Crippen LogP) is 2.46. The van der Waals surface area contributed by atoms with Gasteiger partial charge in [0.2, 0.25) is 5.82 Å². The molecule has 1 heterocycles. The standard InChI is InChI=1S/C12H14N2O3/c1-7-4-5-10(15)9(6-7)12-13-11(14-17-12)8(2)16-3/h4-6,8,15H,1-3H3. The van der Waals surface area contributed by atoms with E-state index in [1.54, 1.807) is 19.2 Å². The topological polar surface area (TPSA) is 68.4 Å². The maximum Gasteiger partial charge on any atom is 0.261 e. The smallest absolute Gasteiger partial charge is 0.261 e. The van der Waals surface area contributed by atoms with Gasteiger partial charge in [0.05, 0.1) is 5.56 Å². The summed E-state index contributed by atoms with van der Waals surface area (Å²) >= 11 is 0. The Kier molecular flexibility index (Phi) is 3.10. The summed E-state index contributed by atoms with van der Waals surface area (Å²) in [5.74, 6) is 0.879. The molecule has 0 saturated carbocycles. The van der Waals surface area contributed by atoms with E-state index in [9.17, 15) is 5.11 Å². The summed E-state index contributed by atoms with van der Waals surface area (Å²) in [5, 5.41) is 13.5. The predicted molar refractivity (Wildman–Crippen MR) is 61.6 cm³/mol. The first-order chi connectivity index (χ1) is 8.11. The van der Waals surface area contributed by atoms with Gasteiger partial charge in [0.1, 0.15) is 11.9 Å². The second-order valence-corrected chi connectivity index (χ2v) is 3.86. The van der Waals surface area contributed by atoms with Crippen LogP contribution in [-0.4, -0.2) is 22.4 Å². The van der Waals surface area contributed by atoms with Gasteiger partial charge in [0.25, 0.3) is 5.89 Å². The van der Waals surface area contributed by atoms with E-state index in [-0.39, 0.29) is 11.9 Å². The highest BCUT2D eigenvalue weighted by atomic mass is 16.5. The van der Waals surface area contributed by atoms with Gasteiger partial charge in [-0.3, -0.25) is 0 Å². The lowest BCUT2D eigenvalue weighted by atomic mass is 10.1. The van der Waals surface area contributed by atoms with Crippen molar-refractivity contribution < 1.29 is 14.4 Å². The fourth-order valence-electron chi connectivity index (χ4n) is 1.44. The molecule has 1 N–H and O–H groups in total. The van der Waals surface area contributed by atoms with Gasteiger partial charge in [0, 0.05) is 7.11 Å². The summed E-state index contributed by atoms with van der Waals surface area (Å²) in [7, 11) is 1.57. The number of ether oxygens (including phenoxy) is 1. The minimum absolute atomic E-state index is 0.121. The maximum absolute atomic E-state index is 9.73. The number of hydrogen-bond acceptors (Lipinski definition) is 5. The molecule has 1 aromatic heterocycles. The lowest BCUT2D eigenvalue weighted by molar-refractivity contribution is 0.109. The van der Waals surface area contributed by atoms with Gasteiger partial charge < -0.3 is 14.4 Å². The zero-order valence-corrected chi connectivity index (χ0v) is 9.97. The molecule has 0 fully saturated rings. The molecule has 0 amide bonds. The molecule has 90 valence electrons. The van der Waals surface area contributed by atoms with Crippen LogP contribution in [0.5, 0.6) is 5.75 Å². The van der Waals surface area contributed by atoms with E-state index in [4.69, 9.17) is 9.26 Å². The Morgan fingerprint density at radius 3 is 2.88 bits per heavy atom. The third kappa shape index (κ3) is 2.29. The largest absolute Gasteiger partial charge is 0.507 e. The summed E-state index contributed by atoms with van der Waals surface area (Å²) in [4.78, 5) is 4.19. The number of aromatic hydroxyl groups is 1. The SMILES string of the molecule is COC(C)c1noc(-c2cc(C)ccc2O)n1. The molecule has 1 aromatic carbocycles. The molecule has 5 heteroatoms. The number of phenolic OH excluding ortho intramolecular Hbond substituents is 1. The fraction of sp³-hybridized carbons (Fsp3) is 0.333. The van der Waals surface area contributed by atoms with Crippen molar-refractivity contribution in [3.8, 4) is 17.2 Å². The van der Waals surface area contributed by atoms with Crippen LogP contribution in [0.2, 0.25) is 0 Å². The second-order valence-electron chi connectivity index (χ2n) is 3.86. The Morgan fingerprint density at radius 1 is 1.41 bits per heavy atom. The Bertz CT molecular complexity index is 522. The first-order valence-electron chi connectivity index (χ1n) is 5.28. The number of rotatable bonds is 3. The van der Waals surface area contributed by atoms with E-state index < -0.39 is 0 Å². The quantitative estimate of drug-likeness (QED) is 0.883. The molecule has 0 aliphatic heterocycles. The van der Waals surface area contributed by atoms with Crippen LogP contribution in [0, 0.1) is 6.92 Å². The van der Waals surface area contributed by atoms with Crippen LogP contribution in [0.4, 0.5) is 0 Å². The Labute approximate surface area is 99.0 Å². The number of aryl methyl sites for hydroxylation is 1. The van der Waals surface area contributed by atoms with Crippen LogP contribution < -0.4 is 0 Å². The molecule has 0 spiro atoms. The van der Waals surface area contributed by atoms with Crippen molar-refractivity contribution >= 4 is 0 Å². The van der Waals surface area contributed by atoms with Crippen LogP contribution in [0.1, 0.15) is 24.4 Å². The van der Waals surface area contributed by atoms with Crippen LogP contribution in [0.3, 0.4) is 0 Å². The highest BCUT2D eigenvalue weighted by Crippen LogP contribution is 2.29. The van der Waals surface area contributed by atoms with Gasteiger partial charge in [-0.2, -0.15) is 4.98 Å². The van der Waals surface area contributed by atoms with E-state index in [2.05, 4.69) is 10.1 Å². The van der Waals surface area contributed by atoms with E-state index >= 15 is 0 Å². The van der Waals surface area contributed by atoms with E-state index in [1.807, 2.05) is 19.9 Å². The Hall–Kier alpha value is -1.88. The second kappa shape index (κ2) is 4.55. The van der Waals surface area contributed by atoms with Gasteiger partial charge in [0.15, 0.2) is 0 Å². The van der Waals surface area contributed by atoms with Crippen molar-refractivity contribution in [3.63, 3.8) is 0 Å². The van der Waals surface area contributed by atoms with Crippen LogP contribution >= 0.6 is 0 Å². The van der Waals surface area contributed by atoms with Gasteiger partial charge >= 0.3 is 0 Å². The Morgan fingerprint density at radius 2 is 2.18 bits per heavy atom. The van der Waals surface area contributed by atoms with Crippen LogP contribution in [0.25, 0.3) is 11.5 Å². The van der Waals surface area contributed by atoms with E-state index in [0.29, 0.717) is 17.3 Å². The molecule has 0 aliphatic carbocycles.